The third kappa shape index (κ3) is 4.25. The number of amides is 2. The molecule has 0 spiro atoms. The fraction of sp³-hybridized carbons (Fsp3) is 0.429. The van der Waals surface area contributed by atoms with Gasteiger partial charge in [0.25, 0.3) is 0 Å². The van der Waals surface area contributed by atoms with Crippen molar-refractivity contribution in [2.75, 3.05) is 11.1 Å². The van der Waals surface area contributed by atoms with Crippen molar-refractivity contribution in [3.63, 3.8) is 0 Å². The fourth-order valence-electron chi connectivity index (χ4n) is 2.36. The van der Waals surface area contributed by atoms with Crippen LogP contribution in [-0.4, -0.2) is 38.2 Å². The SMILES string of the molecule is CC(NC(=O)CC(F)(F)F)C(=O)Nc1cccc2c1CCS2(=O)=O. The lowest BCUT2D eigenvalue weighted by molar-refractivity contribution is -0.154. The fourth-order valence-corrected chi connectivity index (χ4v) is 3.93. The molecule has 1 heterocycles. The minimum absolute atomic E-state index is 0.0624. The zero-order valence-corrected chi connectivity index (χ0v) is 13.4. The minimum Gasteiger partial charge on any atom is -0.344 e. The quantitative estimate of drug-likeness (QED) is 0.845. The molecule has 1 unspecified atom stereocenters. The molecule has 0 aromatic heterocycles. The number of hydrogen-bond donors (Lipinski definition) is 2. The molecule has 0 fully saturated rings. The zero-order valence-electron chi connectivity index (χ0n) is 12.6. The Hall–Kier alpha value is -2.10. The number of carbonyl (C=O) groups excluding carboxylic acids is 2. The van der Waals surface area contributed by atoms with Gasteiger partial charge in [0, 0.05) is 5.69 Å². The van der Waals surface area contributed by atoms with Crippen LogP contribution in [-0.2, 0) is 25.8 Å². The van der Waals surface area contributed by atoms with Gasteiger partial charge in [-0.2, -0.15) is 13.2 Å². The molecule has 0 aliphatic carbocycles. The highest BCUT2D eigenvalue weighted by Crippen LogP contribution is 2.31. The number of alkyl halides is 3. The molecule has 6 nitrogen and oxygen atoms in total. The molecule has 10 heteroatoms. The van der Waals surface area contributed by atoms with Crippen molar-refractivity contribution >= 4 is 27.3 Å². The number of sulfone groups is 1. The smallest absolute Gasteiger partial charge is 0.344 e. The van der Waals surface area contributed by atoms with Crippen LogP contribution in [0.4, 0.5) is 18.9 Å². The summed E-state index contributed by atoms with van der Waals surface area (Å²) in [6, 6.07) is 3.20. The van der Waals surface area contributed by atoms with Gasteiger partial charge in [0.15, 0.2) is 9.84 Å². The van der Waals surface area contributed by atoms with E-state index in [1.165, 1.54) is 25.1 Å². The highest BCUT2D eigenvalue weighted by Gasteiger charge is 2.33. The second kappa shape index (κ2) is 6.42. The van der Waals surface area contributed by atoms with Crippen molar-refractivity contribution in [1.29, 1.82) is 0 Å². The predicted molar refractivity (Wildman–Crippen MR) is 79.1 cm³/mol. The van der Waals surface area contributed by atoms with Crippen molar-refractivity contribution in [3.05, 3.63) is 23.8 Å². The molecule has 132 valence electrons. The van der Waals surface area contributed by atoms with E-state index in [-0.39, 0.29) is 22.8 Å². The Bertz CT molecular complexity index is 775. The Balaban J connectivity index is 2.06. The van der Waals surface area contributed by atoms with Gasteiger partial charge in [-0.1, -0.05) is 6.07 Å². The molecule has 1 aromatic carbocycles. The second-order valence-electron chi connectivity index (χ2n) is 5.42. The Morgan fingerprint density at radius 1 is 1.29 bits per heavy atom. The van der Waals surface area contributed by atoms with Crippen LogP contribution < -0.4 is 10.6 Å². The van der Waals surface area contributed by atoms with E-state index < -0.39 is 40.3 Å². The molecule has 0 bridgehead atoms. The van der Waals surface area contributed by atoms with Gasteiger partial charge in [-0.3, -0.25) is 9.59 Å². The van der Waals surface area contributed by atoms with Crippen molar-refractivity contribution in [2.45, 2.75) is 36.9 Å². The molecule has 1 atom stereocenters. The second-order valence-corrected chi connectivity index (χ2v) is 7.50. The maximum absolute atomic E-state index is 12.1. The summed E-state index contributed by atoms with van der Waals surface area (Å²) in [5, 5.41) is 4.40. The minimum atomic E-state index is -4.66. The number of nitrogens with one attached hydrogen (secondary N) is 2. The topological polar surface area (TPSA) is 92.3 Å². The third-order valence-corrected chi connectivity index (χ3v) is 5.27. The molecule has 2 N–H and O–H groups in total. The van der Waals surface area contributed by atoms with E-state index in [2.05, 4.69) is 5.32 Å². The largest absolute Gasteiger partial charge is 0.397 e. The summed E-state index contributed by atoms with van der Waals surface area (Å²) in [4.78, 5) is 23.4. The van der Waals surface area contributed by atoms with E-state index in [4.69, 9.17) is 0 Å². The predicted octanol–water partition coefficient (Wildman–Crippen LogP) is 1.41. The van der Waals surface area contributed by atoms with Gasteiger partial charge >= 0.3 is 6.18 Å². The van der Waals surface area contributed by atoms with Gasteiger partial charge in [-0.15, -0.1) is 0 Å². The number of carbonyl (C=O) groups is 2. The normalized spacial score (nSPS) is 17.0. The average Bonchev–Trinajstić information content (AvgIpc) is 2.73. The van der Waals surface area contributed by atoms with E-state index in [1.807, 2.05) is 5.32 Å². The van der Waals surface area contributed by atoms with Crippen molar-refractivity contribution in [3.8, 4) is 0 Å². The van der Waals surface area contributed by atoms with Crippen LogP contribution in [0.15, 0.2) is 23.1 Å². The molecule has 1 aromatic rings. The zero-order chi connectivity index (χ0) is 18.1. The van der Waals surface area contributed by atoms with E-state index in [9.17, 15) is 31.2 Å². The number of fused-ring (bicyclic) bond motifs is 1. The molecule has 0 saturated heterocycles. The lowest BCUT2D eigenvalue weighted by Crippen LogP contribution is -2.43. The van der Waals surface area contributed by atoms with E-state index in [1.54, 1.807) is 0 Å². The van der Waals surface area contributed by atoms with Crippen LogP contribution in [0.5, 0.6) is 0 Å². The van der Waals surface area contributed by atoms with E-state index in [0.717, 1.165) is 0 Å². The maximum Gasteiger partial charge on any atom is 0.397 e. The Kier molecular flexibility index (Phi) is 4.88. The van der Waals surface area contributed by atoms with Gasteiger partial charge in [-0.05, 0) is 31.0 Å². The first-order valence-electron chi connectivity index (χ1n) is 7.01. The number of benzene rings is 1. The van der Waals surface area contributed by atoms with Crippen molar-refractivity contribution in [1.82, 2.24) is 5.32 Å². The highest BCUT2D eigenvalue weighted by atomic mass is 32.2. The number of hydrogen-bond acceptors (Lipinski definition) is 4. The highest BCUT2D eigenvalue weighted by molar-refractivity contribution is 7.91. The summed E-state index contributed by atoms with van der Waals surface area (Å²) in [6.07, 6.45) is -6.10. The number of rotatable bonds is 4. The van der Waals surface area contributed by atoms with Gasteiger partial charge in [0.2, 0.25) is 11.8 Å². The Labute approximate surface area is 136 Å². The Morgan fingerprint density at radius 3 is 2.58 bits per heavy atom. The standard InChI is InChI=1S/C14H15F3N2O4S/c1-8(18-12(20)7-14(15,16)17)13(21)19-10-3-2-4-11-9(10)5-6-24(11,22)23/h2-4,8H,5-7H2,1H3,(H,18,20)(H,19,21). The first-order chi connectivity index (χ1) is 11.0. The summed E-state index contributed by atoms with van der Waals surface area (Å²) in [5.74, 6) is -2.11. The summed E-state index contributed by atoms with van der Waals surface area (Å²) < 4.78 is 60.0. The van der Waals surface area contributed by atoms with Crippen LogP contribution in [0.1, 0.15) is 18.9 Å². The molecule has 2 rings (SSSR count). The monoisotopic (exact) mass is 364 g/mol. The van der Waals surface area contributed by atoms with Crippen molar-refractivity contribution in [2.24, 2.45) is 0 Å². The third-order valence-electron chi connectivity index (χ3n) is 3.48. The van der Waals surface area contributed by atoms with Gasteiger partial charge in [0.1, 0.15) is 12.5 Å². The van der Waals surface area contributed by atoms with Crippen LogP contribution >= 0.6 is 0 Å². The molecule has 0 saturated carbocycles. The van der Waals surface area contributed by atoms with E-state index >= 15 is 0 Å². The van der Waals surface area contributed by atoms with Gasteiger partial charge in [0.05, 0.1) is 10.6 Å². The van der Waals surface area contributed by atoms with Crippen LogP contribution in [0.3, 0.4) is 0 Å². The first kappa shape index (κ1) is 18.2. The lowest BCUT2D eigenvalue weighted by Gasteiger charge is -2.16. The molecule has 24 heavy (non-hydrogen) atoms. The molecular weight excluding hydrogens is 349 g/mol. The van der Waals surface area contributed by atoms with Crippen LogP contribution in [0.2, 0.25) is 0 Å². The summed E-state index contributed by atoms with van der Waals surface area (Å²) in [6.45, 7) is 1.24. The molecular formula is C14H15F3N2O4S. The van der Waals surface area contributed by atoms with Gasteiger partial charge < -0.3 is 10.6 Å². The molecule has 1 aliphatic heterocycles. The molecule has 2 amide bonds. The first-order valence-corrected chi connectivity index (χ1v) is 8.66. The van der Waals surface area contributed by atoms with Gasteiger partial charge in [-0.25, -0.2) is 8.42 Å². The molecule has 0 radical (unpaired) electrons. The number of halogens is 3. The summed E-state index contributed by atoms with van der Waals surface area (Å²) >= 11 is 0. The Morgan fingerprint density at radius 2 is 1.96 bits per heavy atom. The van der Waals surface area contributed by atoms with Crippen LogP contribution in [0, 0.1) is 0 Å². The molecule has 1 aliphatic rings. The summed E-state index contributed by atoms with van der Waals surface area (Å²) in [7, 11) is -3.37. The van der Waals surface area contributed by atoms with E-state index in [0.29, 0.717) is 5.56 Å². The van der Waals surface area contributed by atoms with Crippen molar-refractivity contribution < 1.29 is 31.2 Å². The summed E-state index contributed by atoms with van der Waals surface area (Å²) in [5.41, 5.74) is 0.732. The number of anilines is 1. The lowest BCUT2D eigenvalue weighted by atomic mass is 10.1. The average molecular weight is 364 g/mol. The van der Waals surface area contributed by atoms with Crippen LogP contribution in [0.25, 0.3) is 0 Å². The maximum atomic E-state index is 12.1.